The number of aryl methyl sites for hydroxylation is 1. The maximum absolute atomic E-state index is 12.8. The molecule has 0 spiro atoms. The zero-order valence-corrected chi connectivity index (χ0v) is 18.5. The Morgan fingerprint density at radius 1 is 1.03 bits per heavy atom. The van der Waals surface area contributed by atoms with E-state index in [0.717, 1.165) is 44.6 Å². The van der Waals surface area contributed by atoms with E-state index in [1.54, 1.807) is 12.1 Å². The number of anilines is 2. The van der Waals surface area contributed by atoms with Crippen LogP contribution >= 0.6 is 12.4 Å². The number of benzene rings is 2. The number of fused-ring (bicyclic) bond motifs is 1. The summed E-state index contributed by atoms with van der Waals surface area (Å²) in [5.74, 6) is 0. The number of hydrogen-bond donors (Lipinski definition) is 2. The Balaban J connectivity index is 0.00000240. The summed E-state index contributed by atoms with van der Waals surface area (Å²) in [6.07, 6.45) is 5.49. The van der Waals surface area contributed by atoms with Gasteiger partial charge in [-0.3, -0.25) is 4.72 Å². The molecule has 0 saturated carbocycles. The minimum absolute atomic E-state index is 0. The predicted molar refractivity (Wildman–Crippen MR) is 122 cm³/mol. The molecule has 29 heavy (non-hydrogen) atoms. The summed E-state index contributed by atoms with van der Waals surface area (Å²) in [6.45, 7) is 5.21. The summed E-state index contributed by atoms with van der Waals surface area (Å²) < 4.78 is 28.4. The van der Waals surface area contributed by atoms with Crippen molar-refractivity contribution in [2.75, 3.05) is 29.3 Å². The number of halogens is 1. The molecule has 4 rings (SSSR count). The second-order valence-electron chi connectivity index (χ2n) is 7.77. The highest BCUT2D eigenvalue weighted by molar-refractivity contribution is 7.92. The molecule has 0 aromatic heterocycles. The van der Waals surface area contributed by atoms with Gasteiger partial charge in [0.25, 0.3) is 10.0 Å². The molecule has 0 radical (unpaired) electrons. The monoisotopic (exact) mass is 435 g/mol. The second-order valence-corrected chi connectivity index (χ2v) is 9.46. The molecule has 0 amide bonds. The number of nitrogens with one attached hydrogen (secondary N) is 2. The van der Waals surface area contributed by atoms with Crippen molar-refractivity contribution < 1.29 is 8.42 Å². The first kappa shape index (κ1) is 21.9. The summed E-state index contributed by atoms with van der Waals surface area (Å²) in [5.41, 5.74) is 4.30. The minimum atomic E-state index is -3.58. The topological polar surface area (TPSA) is 61.4 Å². The third kappa shape index (κ3) is 5.05. The molecule has 1 aliphatic heterocycles. The molecule has 2 aliphatic rings. The molecule has 7 heteroatoms. The van der Waals surface area contributed by atoms with Gasteiger partial charge in [-0.2, -0.15) is 0 Å². The maximum Gasteiger partial charge on any atom is 0.261 e. The number of rotatable bonds is 6. The molecule has 1 atom stereocenters. The van der Waals surface area contributed by atoms with Crippen LogP contribution in [0.15, 0.2) is 47.4 Å². The Bertz CT molecular complexity index is 926. The first-order valence-electron chi connectivity index (χ1n) is 10.3. The molecular formula is C22H30ClN3O2S. The van der Waals surface area contributed by atoms with E-state index < -0.39 is 10.0 Å². The average molecular weight is 436 g/mol. The average Bonchev–Trinajstić information content (AvgIpc) is 3.23. The summed E-state index contributed by atoms with van der Waals surface area (Å²) >= 11 is 0. The zero-order chi connectivity index (χ0) is 19.6. The van der Waals surface area contributed by atoms with Crippen LogP contribution < -0.4 is 14.9 Å². The number of sulfonamides is 1. The van der Waals surface area contributed by atoms with Gasteiger partial charge in [0.1, 0.15) is 0 Å². The fraction of sp³-hybridized carbons (Fsp3) is 0.455. The van der Waals surface area contributed by atoms with E-state index in [-0.39, 0.29) is 12.4 Å². The highest BCUT2D eigenvalue weighted by atomic mass is 35.5. The van der Waals surface area contributed by atoms with Gasteiger partial charge in [0.2, 0.25) is 0 Å². The van der Waals surface area contributed by atoms with Gasteiger partial charge in [-0.05, 0) is 86.2 Å². The van der Waals surface area contributed by atoms with Gasteiger partial charge in [0.15, 0.2) is 0 Å². The van der Waals surface area contributed by atoms with Gasteiger partial charge in [-0.1, -0.05) is 13.0 Å². The van der Waals surface area contributed by atoms with Gasteiger partial charge in [-0.25, -0.2) is 8.42 Å². The van der Waals surface area contributed by atoms with Crippen molar-refractivity contribution in [3.05, 3.63) is 53.6 Å². The van der Waals surface area contributed by atoms with Crippen LogP contribution in [0.5, 0.6) is 0 Å². The van der Waals surface area contributed by atoms with Crippen LogP contribution in [0.2, 0.25) is 0 Å². The third-order valence-corrected chi connectivity index (χ3v) is 7.20. The molecular weight excluding hydrogens is 406 g/mol. The molecule has 2 N–H and O–H groups in total. The zero-order valence-electron chi connectivity index (χ0n) is 16.9. The largest absolute Gasteiger partial charge is 0.372 e. The van der Waals surface area contributed by atoms with Crippen LogP contribution in [-0.4, -0.2) is 34.1 Å². The lowest BCUT2D eigenvalue weighted by atomic mass is 9.88. The summed E-state index contributed by atoms with van der Waals surface area (Å²) in [6, 6.07) is 13.7. The highest BCUT2D eigenvalue weighted by Gasteiger charge is 2.20. The Kier molecular flexibility index (Phi) is 7.09. The van der Waals surface area contributed by atoms with Crippen LogP contribution in [0.1, 0.15) is 37.3 Å². The van der Waals surface area contributed by atoms with E-state index in [9.17, 15) is 8.42 Å². The van der Waals surface area contributed by atoms with Crippen molar-refractivity contribution in [1.29, 1.82) is 0 Å². The summed E-state index contributed by atoms with van der Waals surface area (Å²) in [7, 11) is -3.58. The van der Waals surface area contributed by atoms with Gasteiger partial charge in [-0.15, -0.1) is 12.4 Å². The van der Waals surface area contributed by atoms with E-state index in [0.29, 0.717) is 16.6 Å². The molecule has 5 nitrogen and oxygen atoms in total. The number of nitrogens with zero attached hydrogens (tertiary/aromatic N) is 1. The Morgan fingerprint density at radius 2 is 1.76 bits per heavy atom. The van der Waals surface area contributed by atoms with Crippen molar-refractivity contribution in [2.45, 2.75) is 50.0 Å². The van der Waals surface area contributed by atoms with Crippen LogP contribution in [0.25, 0.3) is 0 Å². The smallest absolute Gasteiger partial charge is 0.261 e. The third-order valence-electron chi connectivity index (χ3n) is 5.80. The first-order chi connectivity index (χ1) is 13.5. The van der Waals surface area contributed by atoms with E-state index >= 15 is 0 Å². The van der Waals surface area contributed by atoms with E-state index in [4.69, 9.17) is 0 Å². The van der Waals surface area contributed by atoms with E-state index in [1.807, 2.05) is 24.3 Å². The van der Waals surface area contributed by atoms with Crippen molar-refractivity contribution in [2.24, 2.45) is 0 Å². The first-order valence-corrected chi connectivity index (χ1v) is 11.8. The van der Waals surface area contributed by atoms with Gasteiger partial charge in [0, 0.05) is 30.5 Å². The highest BCUT2D eigenvalue weighted by Crippen LogP contribution is 2.27. The lowest BCUT2D eigenvalue weighted by molar-refractivity contribution is 0.471. The molecule has 1 fully saturated rings. The Morgan fingerprint density at radius 3 is 2.45 bits per heavy atom. The number of likely N-dealkylation sites (N-methyl/N-ethyl adjacent to an activating group) is 1. The Hall–Kier alpha value is -1.76. The standard InChI is InChI=1S/C22H29N3O2S.ClH/c1-2-23-19-7-5-18-16-20(8-6-17(18)15-19)24-28(26,27)22-11-9-21(10-12-22)25-13-3-4-14-25;/h6,8-12,16,19,23-24H,2-5,7,13-15H2,1H3;1H/t19-;/m0./s1. The van der Waals surface area contributed by atoms with Crippen LogP contribution in [0.4, 0.5) is 11.4 Å². The van der Waals surface area contributed by atoms with Crippen molar-refractivity contribution >= 4 is 33.8 Å². The summed E-state index contributed by atoms with van der Waals surface area (Å²) in [5, 5.41) is 3.51. The van der Waals surface area contributed by atoms with Gasteiger partial charge in [0.05, 0.1) is 4.90 Å². The molecule has 0 unspecified atom stereocenters. The van der Waals surface area contributed by atoms with Crippen LogP contribution in [0, 0.1) is 0 Å². The predicted octanol–water partition coefficient (Wildman–Crippen LogP) is 3.98. The molecule has 158 valence electrons. The van der Waals surface area contributed by atoms with Gasteiger partial charge < -0.3 is 10.2 Å². The Labute approximate surface area is 180 Å². The van der Waals surface area contributed by atoms with Gasteiger partial charge >= 0.3 is 0 Å². The molecule has 1 saturated heterocycles. The molecule has 1 heterocycles. The summed E-state index contributed by atoms with van der Waals surface area (Å²) in [4.78, 5) is 2.61. The molecule has 0 bridgehead atoms. The van der Waals surface area contributed by atoms with Crippen molar-refractivity contribution in [1.82, 2.24) is 5.32 Å². The van der Waals surface area contributed by atoms with Crippen molar-refractivity contribution in [3.8, 4) is 0 Å². The van der Waals surface area contributed by atoms with E-state index in [2.05, 4.69) is 27.9 Å². The van der Waals surface area contributed by atoms with Crippen LogP contribution in [0.3, 0.4) is 0 Å². The number of hydrogen-bond acceptors (Lipinski definition) is 4. The quantitative estimate of drug-likeness (QED) is 0.720. The minimum Gasteiger partial charge on any atom is -0.372 e. The fourth-order valence-corrected chi connectivity index (χ4v) is 5.36. The fourth-order valence-electron chi connectivity index (χ4n) is 4.31. The van der Waals surface area contributed by atoms with E-state index in [1.165, 1.54) is 24.0 Å². The molecule has 2 aromatic carbocycles. The SMILES string of the molecule is CCN[C@H]1CCc2cc(NS(=O)(=O)c3ccc(N4CCCC4)cc3)ccc2C1.Cl. The lowest BCUT2D eigenvalue weighted by Crippen LogP contribution is -2.34. The second kappa shape index (κ2) is 9.37. The van der Waals surface area contributed by atoms with Crippen molar-refractivity contribution in [3.63, 3.8) is 0 Å². The normalized spacial score (nSPS) is 18.8. The van der Waals surface area contributed by atoms with Crippen LogP contribution in [-0.2, 0) is 22.9 Å². The molecule has 2 aromatic rings. The molecule has 1 aliphatic carbocycles. The lowest BCUT2D eigenvalue weighted by Gasteiger charge is -2.25. The maximum atomic E-state index is 12.8.